The van der Waals surface area contributed by atoms with Crippen molar-refractivity contribution in [2.75, 3.05) is 35.9 Å². The summed E-state index contributed by atoms with van der Waals surface area (Å²) in [6.07, 6.45) is 4.60. The number of anilines is 2. The minimum absolute atomic E-state index is 0.0789. The second-order valence-corrected chi connectivity index (χ2v) is 12.0. The number of benzene rings is 3. The number of aromatic hydroxyl groups is 1. The van der Waals surface area contributed by atoms with Gasteiger partial charge in [0.2, 0.25) is 10.0 Å². The van der Waals surface area contributed by atoms with Gasteiger partial charge in [-0.3, -0.25) is 9.62 Å². The SMILES string of the molecule is CCCCN(C(=O)Nc1ccc(F)cc1O)C1CCN(Cc2ccc(Oc3ccc(NS(C)(=O)=O)cc3)cc2)CC1. The van der Waals surface area contributed by atoms with Gasteiger partial charge >= 0.3 is 6.03 Å². The van der Waals surface area contributed by atoms with E-state index in [0.717, 1.165) is 63.2 Å². The number of carbonyl (C=O) groups is 1. The summed E-state index contributed by atoms with van der Waals surface area (Å²) in [5, 5.41) is 12.8. The number of nitrogens with one attached hydrogen (secondary N) is 2. The number of halogens is 1. The first-order valence-corrected chi connectivity index (χ1v) is 15.6. The van der Waals surface area contributed by atoms with Crippen LogP contribution in [0.2, 0.25) is 0 Å². The summed E-state index contributed by atoms with van der Waals surface area (Å²) in [5.74, 6) is 0.431. The van der Waals surface area contributed by atoms with Gasteiger partial charge in [0, 0.05) is 44.0 Å². The molecule has 0 bridgehead atoms. The van der Waals surface area contributed by atoms with Crippen LogP contribution in [0.1, 0.15) is 38.2 Å². The molecule has 220 valence electrons. The molecule has 11 heteroatoms. The fourth-order valence-corrected chi connectivity index (χ4v) is 5.39. The number of amides is 2. The number of piperidine rings is 1. The van der Waals surface area contributed by atoms with Gasteiger partial charge in [0.25, 0.3) is 0 Å². The molecule has 9 nitrogen and oxygen atoms in total. The predicted octanol–water partition coefficient (Wildman–Crippen LogP) is 5.99. The molecule has 0 saturated carbocycles. The molecule has 0 aromatic heterocycles. The Labute approximate surface area is 241 Å². The number of phenols is 1. The Morgan fingerprint density at radius 1 is 1.05 bits per heavy atom. The Bertz CT molecular complexity index is 1410. The second kappa shape index (κ2) is 13.7. The van der Waals surface area contributed by atoms with Gasteiger partial charge in [0.15, 0.2) is 0 Å². The third-order valence-corrected chi connectivity index (χ3v) is 7.54. The van der Waals surface area contributed by atoms with Crippen LogP contribution in [0.5, 0.6) is 17.2 Å². The Kier molecular flexibility index (Phi) is 10.1. The number of sulfonamides is 1. The van der Waals surface area contributed by atoms with Gasteiger partial charge in [-0.2, -0.15) is 0 Å². The van der Waals surface area contributed by atoms with Crippen LogP contribution in [0.25, 0.3) is 0 Å². The number of carbonyl (C=O) groups excluding carboxylic acids is 1. The zero-order valence-electron chi connectivity index (χ0n) is 23.3. The summed E-state index contributed by atoms with van der Waals surface area (Å²) in [7, 11) is -3.33. The molecule has 0 radical (unpaired) electrons. The summed E-state index contributed by atoms with van der Waals surface area (Å²) in [6.45, 7) is 5.16. The Morgan fingerprint density at radius 3 is 2.27 bits per heavy atom. The third kappa shape index (κ3) is 9.09. The molecule has 1 saturated heterocycles. The quantitative estimate of drug-likeness (QED) is 0.239. The maximum Gasteiger partial charge on any atom is 0.322 e. The molecule has 1 heterocycles. The molecule has 0 unspecified atom stereocenters. The molecule has 0 spiro atoms. The van der Waals surface area contributed by atoms with Crippen molar-refractivity contribution in [3.63, 3.8) is 0 Å². The largest absolute Gasteiger partial charge is 0.506 e. The highest BCUT2D eigenvalue weighted by atomic mass is 32.2. The van der Waals surface area contributed by atoms with E-state index in [9.17, 15) is 22.7 Å². The number of hydrogen-bond acceptors (Lipinski definition) is 6. The van der Waals surface area contributed by atoms with Crippen LogP contribution in [0.4, 0.5) is 20.6 Å². The maximum atomic E-state index is 13.3. The maximum absolute atomic E-state index is 13.3. The molecule has 4 rings (SSSR count). The van der Waals surface area contributed by atoms with Crippen molar-refractivity contribution in [2.45, 2.75) is 45.2 Å². The lowest BCUT2D eigenvalue weighted by atomic mass is 10.0. The van der Waals surface area contributed by atoms with E-state index in [1.54, 1.807) is 24.3 Å². The number of hydrogen-bond donors (Lipinski definition) is 3. The van der Waals surface area contributed by atoms with Crippen LogP contribution in [0.15, 0.2) is 66.7 Å². The van der Waals surface area contributed by atoms with Crippen LogP contribution in [-0.2, 0) is 16.6 Å². The van der Waals surface area contributed by atoms with Crippen LogP contribution >= 0.6 is 0 Å². The summed E-state index contributed by atoms with van der Waals surface area (Å²) in [4.78, 5) is 17.3. The number of nitrogens with zero attached hydrogens (tertiary/aromatic N) is 2. The molecule has 3 aromatic rings. The van der Waals surface area contributed by atoms with E-state index in [4.69, 9.17) is 4.74 Å². The lowest BCUT2D eigenvalue weighted by Crippen LogP contribution is -2.49. The number of phenolic OH excluding ortho intramolecular Hbond substituents is 1. The summed E-state index contributed by atoms with van der Waals surface area (Å²) in [5.41, 5.74) is 1.82. The highest BCUT2D eigenvalue weighted by molar-refractivity contribution is 7.92. The van der Waals surface area contributed by atoms with E-state index >= 15 is 0 Å². The first-order chi connectivity index (χ1) is 19.6. The normalized spacial score (nSPS) is 14.4. The van der Waals surface area contributed by atoms with Crippen LogP contribution < -0.4 is 14.8 Å². The molecule has 1 fully saturated rings. The fraction of sp³-hybridized carbons (Fsp3) is 0.367. The minimum Gasteiger partial charge on any atom is -0.506 e. The van der Waals surface area contributed by atoms with Gasteiger partial charge in [-0.1, -0.05) is 25.5 Å². The predicted molar refractivity (Wildman–Crippen MR) is 158 cm³/mol. The van der Waals surface area contributed by atoms with Crippen molar-refractivity contribution in [1.29, 1.82) is 0 Å². The average molecular weight is 585 g/mol. The van der Waals surface area contributed by atoms with Gasteiger partial charge in [-0.25, -0.2) is 17.6 Å². The molecule has 41 heavy (non-hydrogen) atoms. The standard InChI is InChI=1S/C30H37FN4O5S/c1-3-4-17-35(30(37)32-28-14-7-23(31)20-29(28)36)25-15-18-34(19-16-25)21-22-5-10-26(11-6-22)40-27-12-8-24(9-13-27)33-41(2,38)39/h5-14,20,25,33,36H,3-4,15-19,21H2,1-2H3,(H,32,37). The molecule has 3 N–H and O–H groups in total. The lowest BCUT2D eigenvalue weighted by Gasteiger charge is -2.38. The Balaban J connectivity index is 1.28. The van der Waals surface area contributed by atoms with Crippen LogP contribution in [-0.4, -0.2) is 61.3 Å². The van der Waals surface area contributed by atoms with Crippen molar-refractivity contribution in [3.8, 4) is 17.2 Å². The smallest absolute Gasteiger partial charge is 0.322 e. The zero-order valence-corrected chi connectivity index (χ0v) is 24.2. The highest BCUT2D eigenvalue weighted by Gasteiger charge is 2.28. The second-order valence-electron chi connectivity index (χ2n) is 10.3. The lowest BCUT2D eigenvalue weighted by molar-refractivity contribution is 0.122. The van der Waals surface area contributed by atoms with E-state index in [1.807, 2.05) is 29.2 Å². The first-order valence-electron chi connectivity index (χ1n) is 13.7. The van der Waals surface area contributed by atoms with E-state index in [1.165, 1.54) is 12.1 Å². The van der Waals surface area contributed by atoms with Crippen molar-refractivity contribution in [3.05, 3.63) is 78.1 Å². The molecule has 0 aliphatic carbocycles. The first kappa shape index (κ1) is 30.1. The fourth-order valence-electron chi connectivity index (χ4n) is 4.83. The molecule has 1 aliphatic rings. The summed E-state index contributed by atoms with van der Waals surface area (Å²) in [6, 6.07) is 17.9. The van der Waals surface area contributed by atoms with Gasteiger partial charge < -0.3 is 20.1 Å². The number of urea groups is 1. The highest BCUT2D eigenvalue weighted by Crippen LogP contribution is 2.27. The third-order valence-electron chi connectivity index (χ3n) is 6.94. The Morgan fingerprint density at radius 2 is 1.68 bits per heavy atom. The minimum atomic E-state index is -3.33. The van der Waals surface area contributed by atoms with Crippen molar-refractivity contribution in [1.82, 2.24) is 9.80 Å². The molecule has 1 aliphatic heterocycles. The Hall–Kier alpha value is -3.83. The van der Waals surface area contributed by atoms with Gasteiger partial charge in [0.05, 0.1) is 11.9 Å². The number of likely N-dealkylation sites (tertiary alicyclic amines) is 1. The van der Waals surface area contributed by atoms with Gasteiger partial charge in [-0.05, 0) is 73.4 Å². The van der Waals surface area contributed by atoms with Gasteiger partial charge in [0.1, 0.15) is 23.1 Å². The monoisotopic (exact) mass is 584 g/mol. The van der Waals surface area contributed by atoms with Gasteiger partial charge in [-0.15, -0.1) is 0 Å². The summed E-state index contributed by atoms with van der Waals surface area (Å²) >= 11 is 0. The number of ether oxygens (including phenoxy) is 1. The van der Waals surface area contributed by atoms with E-state index in [2.05, 4.69) is 21.9 Å². The molecule has 0 atom stereocenters. The van der Waals surface area contributed by atoms with Crippen molar-refractivity contribution < 1.29 is 27.4 Å². The number of rotatable bonds is 11. The number of unbranched alkanes of at least 4 members (excludes halogenated alkanes) is 1. The van der Waals surface area contributed by atoms with E-state index in [-0.39, 0.29) is 23.5 Å². The van der Waals surface area contributed by atoms with Crippen LogP contribution in [0, 0.1) is 5.82 Å². The molecular weight excluding hydrogens is 547 g/mol. The zero-order chi connectivity index (χ0) is 29.4. The summed E-state index contributed by atoms with van der Waals surface area (Å²) < 4.78 is 44.4. The molecule has 3 aromatic carbocycles. The molecular formula is C30H37FN4O5S. The van der Waals surface area contributed by atoms with Crippen molar-refractivity contribution >= 4 is 27.4 Å². The van der Waals surface area contributed by atoms with E-state index in [0.29, 0.717) is 23.7 Å². The molecule has 2 amide bonds. The van der Waals surface area contributed by atoms with Crippen molar-refractivity contribution in [2.24, 2.45) is 0 Å². The topological polar surface area (TPSA) is 111 Å². The van der Waals surface area contributed by atoms with E-state index < -0.39 is 15.8 Å². The average Bonchev–Trinajstić information content (AvgIpc) is 2.93. The van der Waals surface area contributed by atoms with Crippen LogP contribution in [0.3, 0.4) is 0 Å².